The molecule has 0 unspecified atom stereocenters. The molecule has 3 heterocycles. The van der Waals surface area contributed by atoms with Gasteiger partial charge >= 0.3 is 0 Å². The molecule has 128 valence electrons. The van der Waals surface area contributed by atoms with Crippen LogP contribution in [0.4, 0.5) is 5.13 Å². The molecule has 0 saturated carbocycles. The number of likely N-dealkylation sites (tertiary alicyclic amines) is 1. The summed E-state index contributed by atoms with van der Waals surface area (Å²) in [5.41, 5.74) is 2.44. The van der Waals surface area contributed by atoms with E-state index in [9.17, 15) is 9.90 Å². The number of piperidine rings is 1. The van der Waals surface area contributed by atoms with Crippen LogP contribution in [0.25, 0.3) is 0 Å². The van der Waals surface area contributed by atoms with Crippen LogP contribution in [0.3, 0.4) is 0 Å². The summed E-state index contributed by atoms with van der Waals surface area (Å²) in [6.07, 6.45) is 2.89. The van der Waals surface area contributed by atoms with Crippen LogP contribution < -0.4 is 5.32 Å². The Hall–Kier alpha value is -1.90. The fourth-order valence-electron chi connectivity index (χ4n) is 2.88. The smallest absolute Gasteiger partial charge is 0.243 e. The molecule has 1 aliphatic heterocycles. The van der Waals surface area contributed by atoms with E-state index in [1.807, 2.05) is 26.0 Å². The van der Waals surface area contributed by atoms with E-state index in [0.29, 0.717) is 36.8 Å². The van der Waals surface area contributed by atoms with Gasteiger partial charge in [0.05, 0.1) is 11.7 Å². The van der Waals surface area contributed by atoms with Gasteiger partial charge in [-0.15, -0.1) is 10.2 Å². The molecule has 0 bridgehead atoms. The number of carbonyl (C=O) groups is 1. The monoisotopic (exact) mass is 347 g/mol. The average molecular weight is 347 g/mol. The van der Waals surface area contributed by atoms with E-state index >= 15 is 0 Å². The third-order valence-electron chi connectivity index (χ3n) is 4.53. The zero-order valence-corrected chi connectivity index (χ0v) is 14.6. The SMILES string of the molecule is Cc1ccc(C2(O)CCN([C@H](C)C(=O)Nc3nncs3)CC2)nc1. The Bertz CT molecular complexity index is 681. The lowest BCUT2D eigenvalue weighted by Crippen LogP contribution is -2.50. The fraction of sp³-hybridized carbons (Fsp3) is 0.500. The maximum absolute atomic E-state index is 12.3. The molecule has 0 radical (unpaired) electrons. The largest absolute Gasteiger partial charge is 0.383 e. The summed E-state index contributed by atoms with van der Waals surface area (Å²) >= 11 is 1.29. The predicted octanol–water partition coefficient (Wildman–Crippen LogP) is 1.55. The van der Waals surface area contributed by atoms with E-state index < -0.39 is 5.60 Å². The minimum Gasteiger partial charge on any atom is -0.383 e. The fourth-order valence-corrected chi connectivity index (χ4v) is 3.33. The number of carbonyl (C=O) groups excluding carboxylic acids is 1. The first-order valence-electron chi connectivity index (χ1n) is 7.94. The van der Waals surface area contributed by atoms with Crippen LogP contribution in [-0.4, -0.2) is 50.2 Å². The minimum absolute atomic E-state index is 0.106. The lowest BCUT2D eigenvalue weighted by Gasteiger charge is -2.39. The van der Waals surface area contributed by atoms with E-state index in [1.165, 1.54) is 11.3 Å². The molecule has 1 fully saturated rings. The highest BCUT2D eigenvalue weighted by Gasteiger charge is 2.37. The lowest BCUT2D eigenvalue weighted by molar-refractivity contribution is -0.123. The van der Waals surface area contributed by atoms with Crippen molar-refractivity contribution < 1.29 is 9.90 Å². The van der Waals surface area contributed by atoms with Crippen molar-refractivity contribution in [1.29, 1.82) is 0 Å². The van der Waals surface area contributed by atoms with Crippen LogP contribution in [0.2, 0.25) is 0 Å². The number of aromatic nitrogens is 3. The van der Waals surface area contributed by atoms with E-state index in [4.69, 9.17) is 0 Å². The number of aryl methyl sites for hydroxylation is 1. The summed E-state index contributed by atoms with van der Waals surface area (Å²) < 4.78 is 0. The van der Waals surface area contributed by atoms with Crippen LogP contribution >= 0.6 is 11.3 Å². The molecule has 1 aliphatic rings. The Labute approximate surface area is 144 Å². The van der Waals surface area contributed by atoms with Gasteiger partial charge in [0.1, 0.15) is 11.1 Å². The van der Waals surface area contributed by atoms with Crippen molar-refractivity contribution in [3.05, 3.63) is 35.1 Å². The van der Waals surface area contributed by atoms with Crippen LogP contribution in [0.5, 0.6) is 0 Å². The van der Waals surface area contributed by atoms with E-state index in [0.717, 1.165) is 5.56 Å². The second-order valence-corrected chi connectivity index (χ2v) is 7.03. The molecule has 0 aromatic carbocycles. The summed E-state index contributed by atoms with van der Waals surface area (Å²) in [7, 11) is 0. The third kappa shape index (κ3) is 3.61. The molecule has 24 heavy (non-hydrogen) atoms. The molecule has 0 spiro atoms. The van der Waals surface area contributed by atoms with Gasteiger partial charge in [0.15, 0.2) is 0 Å². The van der Waals surface area contributed by atoms with Gasteiger partial charge in [-0.25, -0.2) is 0 Å². The number of hydrogen-bond acceptors (Lipinski definition) is 7. The number of rotatable bonds is 4. The molecule has 1 saturated heterocycles. The quantitative estimate of drug-likeness (QED) is 0.872. The van der Waals surface area contributed by atoms with Gasteiger partial charge in [-0.05, 0) is 38.3 Å². The first kappa shape index (κ1) is 16.9. The molecular formula is C16H21N5O2S. The van der Waals surface area contributed by atoms with Gasteiger partial charge in [-0.3, -0.25) is 20.0 Å². The number of anilines is 1. The van der Waals surface area contributed by atoms with Crippen molar-refractivity contribution in [2.75, 3.05) is 18.4 Å². The topological polar surface area (TPSA) is 91.2 Å². The molecule has 7 nitrogen and oxygen atoms in total. The normalized spacial score (nSPS) is 19.0. The van der Waals surface area contributed by atoms with Crippen molar-refractivity contribution >= 4 is 22.4 Å². The van der Waals surface area contributed by atoms with E-state index in [-0.39, 0.29) is 11.9 Å². The second-order valence-electron chi connectivity index (χ2n) is 6.20. The maximum Gasteiger partial charge on any atom is 0.243 e. The first-order chi connectivity index (χ1) is 11.5. The van der Waals surface area contributed by atoms with Crippen molar-refractivity contribution in [3.8, 4) is 0 Å². The van der Waals surface area contributed by atoms with Gasteiger partial charge in [-0.2, -0.15) is 0 Å². The molecule has 1 amide bonds. The zero-order chi connectivity index (χ0) is 17.2. The number of pyridine rings is 1. The average Bonchev–Trinajstić information content (AvgIpc) is 3.08. The molecule has 3 rings (SSSR count). The van der Waals surface area contributed by atoms with E-state index in [2.05, 4.69) is 25.4 Å². The van der Waals surface area contributed by atoms with Crippen molar-refractivity contribution in [2.24, 2.45) is 0 Å². The summed E-state index contributed by atoms with van der Waals surface area (Å²) in [6, 6.07) is 3.56. The first-order valence-corrected chi connectivity index (χ1v) is 8.82. The molecule has 2 N–H and O–H groups in total. The summed E-state index contributed by atoms with van der Waals surface area (Å²) in [5, 5.41) is 21.7. The number of nitrogens with one attached hydrogen (secondary N) is 1. The molecule has 0 aliphatic carbocycles. The zero-order valence-electron chi connectivity index (χ0n) is 13.8. The summed E-state index contributed by atoms with van der Waals surface area (Å²) in [6.45, 7) is 5.11. The number of hydrogen-bond donors (Lipinski definition) is 2. The number of aliphatic hydroxyl groups is 1. The van der Waals surface area contributed by atoms with Gasteiger partial charge in [0.25, 0.3) is 0 Å². The molecule has 2 aromatic rings. The molecule has 2 aromatic heterocycles. The molecular weight excluding hydrogens is 326 g/mol. The van der Waals surface area contributed by atoms with Gasteiger partial charge in [0, 0.05) is 19.3 Å². The van der Waals surface area contributed by atoms with Gasteiger partial charge in [-0.1, -0.05) is 17.4 Å². The van der Waals surface area contributed by atoms with Crippen LogP contribution in [0.1, 0.15) is 31.0 Å². The highest BCUT2D eigenvalue weighted by molar-refractivity contribution is 7.13. The summed E-state index contributed by atoms with van der Waals surface area (Å²) in [5.74, 6) is -0.106. The van der Waals surface area contributed by atoms with Crippen LogP contribution in [-0.2, 0) is 10.4 Å². The summed E-state index contributed by atoms with van der Waals surface area (Å²) in [4.78, 5) is 18.7. The Balaban J connectivity index is 1.59. The van der Waals surface area contributed by atoms with Crippen LogP contribution in [0.15, 0.2) is 23.8 Å². The Morgan fingerprint density at radius 1 is 1.42 bits per heavy atom. The second kappa shape index (κ2) is 6.92. The minimum atomic E-state index is -0.917. The predicted molar refractivity (Wildman–Crippen MR) is 91.7 cm³/mol. The Morgan fingerprint density at radius 3 is 2.75 bits per heavy atom. The molecule has 8 heteroatoms. The Morgan fingerprint density at radius 2 is 2.17 bits per heavy atom. The number of nitrogens with zero attached hydrogens (tertiary/aromatic N) is 4. The van der Waals surface area contributed by atoms with Gasteiger partial charge in [0.2, 0.25) is 11.0 Å². The standard InChI is InChI=1S/C16H21N5O2S/c1-11-3-4-13(17-9-11)16(23)5-7-21(8-6-16)12(2)14(22)19-15-20-18-10-24-15/h3-4,9-10,12,23H,5-8H2,1-2H3,(H,19,20,22)/t12-/m1/s1. The van der Waals surface area contributed by atoms with Crippen molar-refractivity contribution in [3.63, 3.8) is 0 Å². The van der Waals surface area contributed by atoms with Crippen LogP contribution in [0, 0.1) is 6.92 Å². The third-order valence-corrected chi connectivity index (χ3v) is 5.14. The highest BCUT2D eigenvalue weighted by Crippen LogP contribution is 2.32. The van der Waals surface area contributed by atoms with Crippen molar-refractivity contribution in [1.82, 2.24) is 20.1 Å². The van der Waals surface area contributed by atoms with E-state index in [1.54, 1.807) is 11.7 Å². The Kier molecular flexibility index (Phi) is 4.88. The van der Waals surface area contributed by atoms with Gasteiger partial charge < -0.3 is 5.11 Å². The molecule has 1 atom stereocenters. The van der Waals surface area contributed by atoms with Crippen molar-refractivity contribution in [2.45, 2.75) is 38.3 Å². The lowest BCUT2D eigenvalue weighted by atomic mass is 9.87. The maximum atomic E-state index is 12.3. The highest BCUT2D eigenvalue weighted by atomic mass is 32.1. The number of amides is 1.